The first kappa shape index (κ1) is 15.9. The maximum atomic E-state index is 12.1. The van der Waals surface area contributed by atoms with E-state index in [9.17, 15) is 18.0 Å². The quantitative estimate of drug-likeness (QED) is 0.924. The van der Waals surface area contributed by atoms with Crippen molar-refractivity contribution in [3.8, 4) is 5.75 Å². The summed E-state index contributed by atoms with van der Waals surface area (Å²) in [4.78, 5) is 11.8. The van der Waals surface area contributed by atoms with E-state index in [2.05, 4.69) is 10.1 Å². The molecule has 4 nitrogen and oxygen atoms in total. The molecule has 1 aromatic rings. The average molecular weight is 324 g/mol. The predicted molar refractivity (Wildman–Crippen MR) is 70.6 cm³/mol. The van der Waals surface area contributed by atoms with Gasteiger partial charge in [-0.3, -0.25) is 4.79 Å². The van der Waals surface area contributed by atoms with Gasteiger partial charge in [0.05, 0.1) is 5.02 Å². The summed E-state index contributed by atoms with van der Waals surface area (Å²) in [5.74, 6) is -0.392. The Morgan fingerprint density at radius 1 is 1.48 bits per heavy atom. The Hall–Kier alpha value is -1.47. The number of nitrogens with one attached hydrogen (secondary N) is 1. The zero-order valence-corrected chi connectivity index (χ0v) is 11.6. The average Bonchev–Trinajstić information content (AvgIpc) is 2.90. The zero-order chi connectivity index (χ0) is 15.5. The third-order valence-corrected chi connectivity index (χ3v) is 3.11. The van der Waals surface area contributed by atoms with Gasteiger partial charge in [-0.25, -0.2) is 0 Å². The van der Waals surface area contributed by atoms with Crippen LogP contribution in [0.5, 0.6) is 5.75 Å². The van der Waals surface area contributed by atoms with Crippen molar-refractivity contribution in [3.05, 3.63) is 23.2 Å². The second-order valence-corrected chi connectivity index (χ2v) is 4.95. The molecule has 1 amide bonds. The van der Waals surface area contributed by atoms with Crippen LogP contribution in [0.3, 0.4) is 0 Å². The van der Waals surface area contributed by atoms with E-state index in [1.165, 1.54) is 18.2 Å². The summed E-state index contributed by atoms with van der Waals surface area (Å²) in [6, 6.07) is 4.03. The number of rotatable bonds is 4. The van der Waals surface area contributed by atoms with Gasteiger partial charge in [-0.2, -0.15) is 13.2 Å². The molecule has 1 saturated heterocycles. The van der Waals surface area contributed by atoms with Crippen LogP contribution in [0.15, 0.2) is 18.2 Å². The van der Waals surface area contributed by atoms with E-state index in [1.807, 2.05) is 0 Å². The van der Waals surface area contributed by atoms with E-state index in [1.54, 1.807) is 0 Å². The lowest BCUT2D eigenvalue weighted by molar-refractivity contribution is -0.153. The minimum absolute atomic E-state index is 0.00982. The third kappa shape index (κ3) is 4.78. The molecular formula is C13H13ClF3NO3. The van der Waals surface area contributed by atoms with Gasteiger partial charge in [-0.15, -0.1) is 0 Å². The van der Waals surface area contributed by atoms with Gasteiger partial charge in [0.1, 0.15) is 11.9 Å². The van der Waals surface area contributed by atoms with E-state index in [-0.39, 0.29) is 16.7 Å². The molecule has 8 heteroatoms. The maximum Gasteiger partial charge on any atom is 0.422 e. The van der Waals surface area contributed by atoms with Gasteiger partial charge in [0.2, 0.25) is 0 Å². The van der Waals surface area contributed by atoms with Crippen LogP contribution in [-0.2, 0) is 9.53 Å². The molecule has 0 aromatic heterocycles. The molecule has 1 aliphatic heterocycles. The minimum Gasteiger partial charge on any atom is -0.483 e. The molecule has 0 unspecified atom stereocenters. The highest BCUT2D eigenvalue weighted by molar-refractivity contribution is 6.32. The molecule has 1 aliphatic rings. The van der Waals surface area contributed by atoms with E-state index >= 15 is 0 Å². The van der Waals surface area contributed by atoms with Crippen molar-refractivity contribution >= 4 is 23.2 Å². The number of carbonyl (C=O) groups excluding carboxylic acids is 1. The summed E-state index contributed by atoms with van der Waals surface area (Å²) < 4.78 is 46.0. The molecule has 0 saturated carbocycles. The van der Waals surface area contributed by atoms with Crippen LogP contribution in [0.4, 0.5) is 18.9 Å². The van der Waals surface area contributed by atoms with Gasteiger partial charge in [0.15, 0.2) is 6.61 Å². The molecule has 0 bridgehead atoms. The fraction of sp³-hybridized carbons (Fsp3) is 0.462. The molecule has 1 heterocycles. The number of carbonyl (C=O) groups is 1. The number of halogens is 4. The van der Waals surface area contributed by atoms with Crippen LogP contribution < -0.4 is 10.1 Å². The van der Waals surface area contributed by atoms with Gasteiger partial charge in [0.25, 0.3) is 5.91 Å². The number of hydrogen-bond acceptors (Lipinski definition) is 3. The molecule has 116 valence electrons. The lowest BCUT2D eigenvalue weighted by Crippen LogP contribution is -2.26. The highest BCUT2D eigenvalue weighted by atomic mass is 35.5. The smallest absolute Gasteiger partial charge is 0.422 e. The lowest BCUT2D eigenvalue weighted by Gasteiger charge is -2.13. The molecule has 1 aromatic carbocycles. The van der Waals surface area contributed by atoms with Crippen molar-refractivity contribution in [2.75, 3.05) is 18.5 Å². The molecule has 2 rings (SSSR count). The van der Waals surface area contributed by atoms with Crippen molar-refractivity contribution in [2.45, 2.75) is 25.1 Å². The molecule has 1 atom stereocenters. The Labute approximate surface area is 124 Å². The molecule has 1 N–H and O–H groups in total. The standard InChI is InChI=1S/C13H13ClF3NO3/c14-9-6-8(18-12(19)11-2-1-5-20-11)3-4-10(9)21-7-13(15,16)17/h3-4,6,11H,1-2,5,7H2,(H,18,19)/t11-/m0/s1. The summed E-state index contributed by atoms with van der Waals surface area (Å²) in [5.41, 5.74) is 0.375. The first-order valence-corrected chi connectivity index (χ1v) is 6.64. The molecule has 0 radical (unpaired) electrons. The van der Waals surface area contributed by atoms with Crippen molar-refractivity contribution < 1.29 is 27.4 Å². The number of alkyl halides is 3. The van der Waals surface area contributed by atoms with Crippen LogP contribution >= 0.6 is 11.6 Å². The first-order valence-electron chi connectivity index (χ1n) is 6.27. The number of anilines is 1. The van der Waals surface area contributed by atoms with Crippen LogP contribution in [0.25, 0.3) is 0 Å². The van der Waals surface area contributed by atoms with Crippen molar-refractivity contribution in [2.24, 2.45) is 0 Å². The van der Waals surface area contributed by atoms with Crippen molar-refractivity contribution in [1.82, 2.24) is 0 Å². The molecule has 0 aliphatic carbocycles. The van der Waals surface area contributed by atoms with Crippen molar-refractivity contribution in [1.29, 1.82) is 0 Å². The van der Waals surface area contributed by atoms with Gasteiger partial charge in [0, 0.05) is 12.3 Å². The first-order chi connectivity index (χ1) is 9.85. The van der Waals surface area contributed by atoms with Gasteiger partial charge < -0.3 is 14.8 Å². The second-order valence-electron chi connectivity index (χ2n) is 4.54. The molecule has 0 spiro atoms. The number of amides is 1. The monoisotopic (exact) mass is 323 g/mol. The number of ether oxygens (including phenoxy) is 2. The Kier molecular flexibility index (Phi) is 4.95. The Balaban J connectivity index is 1.96. The Morgan fingerprint density at radius 2 is 2.24 bits per heavy atom. The Morgan fingerprint density at radius 3 is 2.81 bits per heavy atom. The zero-order valence-electron chi connectivity index (χ0n) is 10.9. The predicted octanol–water partition coefficient (Wildman–Crippen LogP) is 3.40. The fourth-order valence-electron chi connectivity index (χ4n) is 1.86. The van der Waals surface area contributed by atoms with Crippen LogP contribution in [0, 0.1) is 0 Å². The summed E-state index contributed by atoms with van der Waals surface area (Å²) in [6.07, 6.45) is -3.46. The summed E-state index contributed by atoms with van der Waals surface area (Å²) in [6.45, 7) is -0.878. The van der Waals surface area contributed by atoms with Crippen LogP contribution in [0.1, 0.15) is 12.8 Å². The van der Waals surface area contributed by atoms with Crippen molar-refractivity contribution in [3.63, 3.8) is 0 Å². The SMILES string of the molecule is O=C(Nc1ccc(OCC(F)(F)F)c(Cl)c1)[C@@H]1CCCO1. The van der Waals surface area contributed by atoms with Gasteiger partial charge >= 0.3 is 6.18 Å². The largest absolute Gasteiger partial charge is 0.483 e. The van der Waals surface area contributed by atoms with E-state index in [0.29, 0.717) is 18.7 Å². The fourth-order valence-corrected chi connectivity index (χ4v) is 2.10. The summed E-state index contributed by atoms with van der Waals surface area (Å²) >= 11 is 5.83. The van der Waals surface area contributed by atoms with Crippen LogP contribution in [-0.4, -0.2) is 31.4 Å². The molecular weight excluding hydrogens is 311 g/mol. The third-order valence-electron chi connectivity index (χ3n) is 2.81. The topological polar surface area (TPSA) is 47.6 Å². The molecule has 21 heavy (non-hydrogen) atoms. The minimum atomic E-state index is -4.43. The van der Waals surface area contributed by atoms with E-state index < -0.39 is 18.9 Å². The van der Waals surface area contributed by atoms with Crippen LogP contribution in [0.2, 0.25) is 5.02 Å². The second kappa shape index (κ2) is 6.53. The Bertz CT molecular complexity index is 516. The van der Waals surface area contributed by atoms with Gasteiger partial charge in [-0.1, -0.05) is 11.6 Å². The van der Waals surface area contributed by atoms with E-state index in [4.69, 9.17) is 16.3 Å². The van der Waals surface area contributed by atoms with E-state index in [0.717, 1.165) is 6.42 Å². The summed E-state index contributed by atoms with van der Waals surface area (Å²) in [5, 5.41) is 2.59. The molecule has 1 fully saturated rings. The summed E-state index contributed by atoms with van der Waals surface area (Å²) in [7, 11) is 0. The number of benzene rings is 1. The number of hydrogen-bond donors (Lipinski definition) is 1. The normalized spacial score (nSPS) is 18.6. The van der Waals surface area contributed by atoms with Gasteiger partial charge in [-0.05, 0) is 31.0 Å². The maximum absolute atomic E-state index is 12.1. The lowest BCUT2D eigenvalue weighted by atomic mass is 10.2. The highest BCUT2D eigenvalue weighted by Crippen LogP contribution is 2.29. The highest BCUT2D eigenvalue weighted by Gasteiger charge is 2.29.